The molecule has 0 atom stereocenters. The zero-order valence-electron chi connectivity index (χ0n) is 11.3. The van der Waals surface area contributed by atoms with Crippen LogP contribution in [0.5, 0.6) is 0 Å². The molecule has 0 aliphatic heterocycles. The van der Waals surface area contributed by atoms with Gasteiger partial charge in [-0.3, -0.25) is 14.9 Å². The lowest BCUT2D eigenvalue weighted by Gasteiger charge is -2.21. The van der Waals surface area contributed by atoms with Crippen LogP contribution in [0.3, 0.4) is 0 Å². The number of anilines is 1. The van der Waals surface area contributed by atoms with E-state index in [2.05, 4.69) is 9.72 Å². The van der Waals surface area contributed by atoms with Crippen molar-refractivity contribution in [1.82, 2.24) is 4.98 Å². The molecule has 1 rings (SSSR count). The van der Waals surface area contributed by atoms with Crippen molar-refractivity contribution in [2.75, 3.05) is 25.1 Å². The van der Waals surface area contributed by atoms with E-state index in [-0.39, 0.29) is 23.9 Å². The van der Waals surface area contributed by atoms with Gasteiger partial charge < -0.3 is 9.64 Å². The Morgan fingerprint density at radius 1 is 1.58 bits per heavy atom. The Kier molecular flexibility index (Phi) is 5.23. The van der Waals surface area contributed by atoms with Crippen LogP contribution in [0, 0.1) is 17.0 Å². The molecule has 1 aromatic rings. The zero-order valence-corrected chi connectivity index (χ0v) is 11.3. The number of hydrogen-bond acceptors (Lipinski definition) is 6. The first-order valence-corrected chi connectivity index (χ1v) is 5.93. The van der Waals surface area contributed by atoms with Crippen molar-refractivity contribution in [2.45, 2.75) is 20.3 Å². The van der Waals surface area contributed by atoms with Crippen molar-refractivity contribution in [3.8, 4) is 0 Å². The lowest BCUT2D eigenvalue weighted by atomic mass is 10.2. The van der Waals surface area contributed by atoms with Crippen molar-refractivity contribution < 1.29 is 14.5 Å². The topological polar surface area (TPSA) is 85.6 Å². The van der Waals surface area contributed by atoms with Crippen molar-refractivity contribution in [2.24, 2.45) is 0 Å². The van der Waals surface area contributed by atoms with Crippen LogP contribution in [0.2, 0.25) is 0 Å². The minimum Gasteiger partial charge on any atom is -0.469 e. The lowest BCUT2D eigenvalue weighted by molar-refractivity contribution is -0.384. The Bertz CT molecular complexity index is 476. The number of carbonyl (C=O) groups is 1. The molecule has 1 heterocycles. The van der Waals surface area contributed by atoms with E-state index >= 15 is 0 Å². The summed E-state index contributed by atoms with van der Waals surface area (Å²) >= 11 is 0. The highest BCUT2D eigenvalue weighted by Crippen LogP contribution is 2.28. The zero-order chi connectivity index (χ0) is 14.4. The molecule has 7 nitrogen and oxygen atoms in total. The molecule has 7 heteroatoms. The molecule has 0 fully saturated rings. The van der Waals surface area contributed by atoms with Gasteiger partial charge in [0.25, 0.3) is 0 Å². The highest BCUT2D eigenvalue weighted by atomic mass is 16.6. The van der Waals surface area contributed by atoms with Crippen LogP contribution in [-0.4, -0.2) is 36.1 Å². The van der Waals surface area contributed by atoms with Crippen molar-refractivity contribution in [3.63, 3.8) is 0 Å². The van der Waals surface area contributed by atoms with Gasteiger partial charge in [0, 0.05) is 24.8 Å². The average molecular weight is 267 g/mol. The minimum absolute atomic E-state index is 0.0192. The summed E-state index contributed by atoms with van der Waals surface area (Å²) in [5.41, 5.74) is 0.528. The number of nitro groups is 1. The minimum atomic E-state index is -0.446. The molecule has 0 N–H and O–H groups in total. The number of ether oxygens (including phenoxy) is 1. The normalized spacial score (nSPS) is 10.1. The molecule has 0 saturated heterocycles. The summed E-state index contributed by atoms with van der Waals surface area (Å²) in [6.45, 7) is 4.37. The predicted molar refractivity (Wildman–Crippen MR) is 70.1 cm³/mol. The summed E-state index contributed by atoms with van der Waals surface area (Å²) in [5.74, 6) is -0.0647. The van der Waals surface area contributed by atoms with Gasteiger partial charge in [0.15, 0.2) is 0 Å². The van der Waals surface area contributed by atoms with Gasteiger partial charge in [0.1, 0.15) is 0 Å². The van der Waals surface area contributed by atoms with Crippen LogP contribution < -0.4 is 4.90 Å². The third-order valence-corrected chi connectivity index (χ3v) is 2.78. The highest BCUT2D eigenvalue weighted by Gasteiger charge is 2.23. The summed E-state index contributed by atoms with van der Waals surface area (Å²) in [6.07, 6.45) is 1.69. The van der Waals surface area contributed by atoms with E-state index in [4.69, 9.17) is 0 Å². The summed E-state index contributed by atoms with van der Waals surface area (Å²) < 4.78 is 4.56. The monoisotopic (exact) mass is 267 g/mol. The number of pyridine rings is 1. The van der Waals surface area contributed by atoms with Crippen LogP contribution in [0.15, 0.2) is 12.3 Å². The summed E-state index contributed by atoms with van der Waals surface area (Å²) in [4.78, 5) is 27.6. The Morgan fingerprint density at radius 2 is 2.26 bits per heavy atom. The first-order valence-electron chi connectivity index (χ1n) is 5.93. The summed E-state index contributed by atoms with van der Waals surface area (Å²) in [7, 11) is 1.31. The Morgan fingerprint density at radius 3 is 2.79 bits per heavy atom. The highest BCUT2D eigenvalue weighted by molar-refractivity contribution is 5.70. The van der Waals surface area contributed by atoms with E-state index in [1.54, 1.807) is 17.9 Å². The predicted octanol–water partition coefficient (Wildman–Crippen LogP) is 1.69. The third kappa shape index (κ3) is 3.64. The van der Waals surface area contributed by atoms with Gasteiger partial charge in [0.2, 0.25) is 5.82 Å². The van der Waals surface area contributed by atoms with Gasteiger partial charge >= 0.3 is 11.7 Å². The fourth-order valence-electron chi connectivity index (χ4n) is 1.74. The molecular weight excluding hydrogens is 250 g/mol. The fourth-order valence-corrected chi connectivity index (χ4v) is 1.74. The molecule has 0 aliphatic carbocycles. The number of nitrogens with zero attached hydrogens (tertiary/aromatic N) is 3. The van der Waals surface area contributed by atoms with E-state index in [0.29, 0.717) is 18.7 Å². The van der Waals surface area contributed by atoms with Crippen molar-refractivity contribution in [3.05, 3.63) is 27.9 Å². The van der Waals surface area contributed by atoms with E-state index in [1.807, 2.05) is 6.92 Å². The summed E-state index contributed by atoms with van der Waals surface area (Å²) in [6, 6.07) is 1.59. The van der Waals surface area contributed by atoms with Crippen LogP contribution in [-0.2, 0) is 9.53 Å². The fraction of sp³-hybridized carbons (Fsp3) is 0.500. The van der Waals surface area contributed by atoms with Gasteiger partial charge in [-0.15, -0.1) is 0 Å². The molecule has 0 spiro atoms. The van der Waals surface area contributed by atoms with Crippen LogP contribution in [0.1, 0.15) is 18.9 Å². The number of rotatable bonds is 6. The number of hydrogen-bond donors (Lipinski definition) is 0. The van der Waals surface area contributed by atoms with E-state index in [0.717, 1.165) is 0 Å². The maximum atomic E-state index is 11.1. The summed E-state index contributed by atoms with van der Waals surface area (Å²) in [5, 5.41) is 11.1. The van der Waals surface area contributed by atoms with Gasteiger partial charge in [-0.25, -0.2) is 4.98 Å². The van der Waals surface area contributed by atoms with E-state index < -0.39 is 4.92 Å². The lowest BCUT2D eigenvalue weighted by Crippen LogP contribution is -2.28. The molecular formula is C12H17N3O4. The molecule has 0 saturated carbocycles. The first-order chi connectivity index (χ1) is 9.01. The molecule has 0 bridgehead atoms. The second kappa shape index (κ2) is 6.67. The van der Waals surface area contributed by atoms with Crippen molar-refractivity contribution in [1.29, 1.82) is 0 Å². The molecule has 0 radical (unpaired) electrons. The van der Waals surface area contributed by atoms with Crippen LogP contribution >= 0.6 is 0 Å². The standard InChI is InChI=1S/C12H17N3O4/c1-4-14(8-6-10(16)19-3)12-11(15(17)18)9(2)5-7-13-12/h5,7H,4,6,8H2,1-3H3. The molecule has 0 amide bonds. The maximum Gasteiger partial charge on any atom is 0.314 e. The van der Waals surface area contributed by atoms with Crippen LogP contribution in [0.4, 0.5) is 11.5 Å². The van der Waals surface area contributed by atoms with E-state index in [9.17, 15) is 14.9 Å². The van der Waals surface area contributed by atoms with Gasteiger partial charge in [-0.1, -0.05) is 0 Å². The number of methoxy groups -OCH3 is 1. The molecule has 0 aliphatic rings. The number of aryl methyl sites for hydroxylation is 1. The van der Waals surface area contributed by atoms with Gasteiger partial charge in [-0.05, 0) is 19.9 Å². The van der Waals surface area contributed by atoms with Crippen LogP contribution in [0.25, 0.3) is 0 Å². The maximum absolute atomic E-state index is 11.1. The average Bonchev–Trinajstić information content (AvgIpc) is 2.38. The Labute approximate surface area is 111 Å². The second-order valence-electron chi connectivity index (χ2n) is 3.96. The first kappa shape index (κ1) is 14.9. The number of aromatic nitrogens is 1. The quantitative estimate of drug-likeness (QED) is 0.443. The van der Waals surface area contributed by atoms with Gasteiger partial charge in [0.05, 0.1) is 18.5 Å². The third-order valence-electron chi connectivity index (χ3n) is 2.78. The molecule has 0 aromatic carbocycles. The largest absolute Gasteiger partial charge is 0.469 e. The Balaban J connectivity index is 3.01. The number of esters is 1. The van der Waals surface area contributed by atoms with Gasteiger partial charge in [-0.2, -0.15) is 0 Å². The number of carbonyl (C=O) groups excluding carboxylic acids is 1. The smallest absolute Gasteiger partial charge is 0.314 e. The SMILES string of the molecule is CCN(CCC(=O)OC)c1nccc(C)c1[N+](=O)[O-]. The van der Waals surface area contributed by atoms with Crippen molar-refractivity contribution >= 4 is 17.5 Å². The van der Waals surface area contributed by atoms with E-state index in [1.165, 1.54) is 13.3 Å². The molecule has 104 valence electrons. The molecule has 19 heavy (non-hydrogen) atoms. The molecule has 0 unspecified atom stereocenters. The Hall–Kier alpha value is -2.18. The second-order valence-corrected chi connectivity index (χ2v) is 3.96. The molecule has 1 aromatic heterocycles.